The van der Waals surface area contributed by atoms with Crippen molar-refractivity contribution in [1.29, 1.82) is 0 Å². The van der Waals surface area contributed by atoms with Gasteiger partial charge in [0.1, 0.15) is 17.5 Å². The van der Waals surface area contributed by atoms with Crippen molar-refractivity contribution >= 4 is 17.5 Å². The van der Waals surface area contributed by atoms with Gasteiger partial charge in [0.15, 0.2) is 0 Å². The molecule has 0 saturated carbocycles. The third-order valence-corrected chi connectivity index (χ3v) is 6.06. The van der Waals surface area contributed by atoms with Crippen molar-refractivity contribution in [3.05, 3.63) is 126 Å². The number of carbonyl (C=O) groups excluding carboxylic acids is 2. The fourth-order valence-electron chi connectivity index (χ4n) is 4.19. The van der Waals surface area contributed by atoms with Gasteiger partial charge in [0.25, 0.3) is 5.91 Å². The van der Waals surface area contributed by atoms with Gasteiger partial charge in [-0.05, 0) is 28.8 Å². The fraction of sp³-hybridized carbons (Fsp3) is 0.161. The molecule has 1 atom stereocenters. The maximum atomic E-state index is 13.9. The van der Waals surface area contributed by atoms with Crippen LogP contribution in [0, 0.1) is 0 Å². The van der Waals surface area contributed by atoms with Crippen molar-refractivity contribution in [3.8, 4) is 11.5 Å². The minimum Gasteiger partial charge on any atom is -0.497 e. The Morgan fingerprint density at radius 3 is 1.95 bits per heavy atom. The van der Waals surface area contributed by atoms with Crippen molar-refractivity contribution in [1.82, 2.24) is 4.90 Å². The fourth-order valence-corrected chi connectivity index (χ4v) is 4.19. The molecular formula is C31H30N2O4. The third-order valence-electron chi connectivity index (χ3n) is 6.06. The molecule has 4 aromatic carbocycles. The van der Waals surface area contributed by atoms with Crippen LogP contribution in [0.5, 0.6) is 11.5 Å². The highest BCUT2D eigenvalue weighted by molar-refractivity contribution is 5.99. The van der Waals surface area contributed by atoms with Crippen LogP contribution in [0.15, 0.2) is 109 Å². The molecule has 6 nitrogen and oxygen atoms in total. The third kappa shape index (κ3) is 6.55. The molecule has 188 valence electrons. The van der Waals surface area contributed by atoms with Gasteiger partial charge in [0, 0.05) is 12.6 Å². The lowest BCUT2D eigenvalue weighted by molar-refractivity contribution is -0.139. The van der Waals surface area contributed by atoms with Gasteiger partial charge in [-0.3, -0.25) is 9.59 Å². The van der Waals surface area contributed by atoms with Gasteiger partial charge in [0.2, 0.25) is 5.91 Å². The van der Waals surface area contributed by atoms with Gasteiger partial charge < -0.3 is 19.7 Å². The smallest absolute Gasteiger partial charge is 0.251 e. The number of hydrogen-bond donors (Lipinski definition) is 1. The number of methoxy groups -OCH3 is 2. The minimum atomic E-state index is -0.871. The van der Waals surface area contributed by atoms with Crippen molar-refractivity contribution in [2.75, 3.05) is 19.5 Å². The summed E-state index contributed by atoms with van der Waals surface area (Å²) in [7, 11) is 3.10. The lowest BCUT2D eigenvalue weighted by Gasteiger charge is -2.32. The highest BCUT2D eigenvalue weighted by Gasteiger charge is 2.32. The van der Waals surface area contributed by atoms with Crippen LogP contribution in [0.4, 0.5) is 5.69 Å². The summed E-state index contributed by atoms with van der Waals surface area (Å²) < 4.78 is 10.8. The van der Waals surface area contributed by atoms with Gasteiger partial charge in [-0.15, -0.1) is 0 Å². The van der Waals surface area contributed by atoms with E-state index >= 15 is 0 Å². The van der Waals surface area contributed by atoms with Crippen LogP contribution in [0.25, 0.3) is 0 Å². The molecule has 4 rings (SSSR count). The minimum absolute atomic E-state index is 0.152. The Bertz CT molecular complexity index is 1310. The van der Waals surface area contributed by atoms with E-state index in [1.165, 1.54) is 7.11 Å². The Labute approximate surface area is 217 Å². The molecule has 0 aliphatic rings. The normalized spacial score (nSPS) is 11.3. The van der Waals surface area contributed by atoms with Crippen LogP contribution < -0.4 is 14.8 Å². The van der Waals surface area contributed by atoms with Crippen LogP contribution in [0.3, 0.4) is 0 Å². The first-order valence-electron chi connectivity index (χ1n) is 12.0. The summed E-state index contributed by atoms with van der Waals surface area (Å²) in [6, 6.07) is 32.9. The van der Waals surface area contributed by atoms with Crippen LogP contribution in [0.1, 0.15) is 22.7 Å². The van der Waals surface area contributed by atoms with Gasteiger partial charge in [-0.25, -0.2) is 0 Å². The van der Waals surface area contributed by atoms with E-state index in [4.69, 9.17) is 9.47 Å². The number of nitrogens with zero attached hydrogens (tertiary/aromatic N) is 1. The molecule has 6 heteroatoms. The summed E-state index contributed by atoms with van der Waals surface area (Å²) in [4.78, 5) is 29.4. The van der Waals surface area contributed by atoms with Gasteiger partial charge in [-0.2, -0.15) is 0 Å². The summed E-state index contributed by atoms with van der Waals surface area (Å²) in [5.41, 5.74) is 3.02. The largest absolute Gasteiger partial charge is 0.497 e. The predicted molar refractivity (Wildman–Crippen MR) is 144 cm³/mol. The highest BCUT2D eigenvalue weighted by Crippen LogP contribution is 2.32. The Hall–Kier alpha value is -4.58. The van der Waals surface area contributed by atoms with E-state index in [1.54, 1.807) is 30.2 Å². The molecule has 1 N–H and O–H groups in total. The number of anilines is 1. The maximum absolute atomic E-state index is 13.9. The molecule has 0 radical (unpaired) electrons. The van der Waals surface area contributed by atoms with Gasteiger partial charge in [0.05, 0.1) is 26.3 Å². The standard InChI is InChI=1S/C31H30N2O4/c1-36-26-18-19-27(28(21-26)37-2)32-31(35)30(25-16-10-5-11-17-25)33(22-24-14-8-4-9-15-24)29(34)20-23-12-6-3-7-13-23/h3-19,21,30H,20,22H2,1-2H3,(H,32,35). The first-order chi connectivity index (χ1) is 18.1. The molecule has 1 unspecified atom stereocenters. The molecule has 0 aromatic heterocycles. The van der Waals surface area contributed by atoms with E-state index < -0.39 is 6.04 Å². The molecule has 0 heterocycles. The quantitative estimate of drug-likeness (QED) is 0.309. The van der Waals surface area contributed by atoms with Crippen LogP contribution >= 0.6 is 0 Å². The molecule has 0 fully saturated rings. The maximum Gasteiger partial charge on any atom is 0.251 e. The second kappa shape index (κ2) is 12.4. The zero-order valence-electron chi connectivity index (χ0n) is 21.0. The molecule has 0 spiro atoms. The van der Waals surface area contributed by atoms with Gasteiger partial charge in [-0.1, -0.05) is 91.0 Å². The molecule has 0 saturated heterocycles. The van der Waals surface area contributed by atoms with Crippen molar-refractivity contribution in [2.24, 2.45) is 0 Å². The van der Waals surface area contributed by atoms with E-state index in [0.29, 0.717) is 22.7 Å². The first-order valence-corrected chi connectivity index (χ1v) is 12.0. The average molecular weight is 495 g/mol. The Morgan fingerprint density at radius 1 is 0.757 bits per heavy atom. The van der Waals surface area contributed by atoms with E-state index in [-0.39, 0.29) is 24.8 Å². The molecule has 0 bridgehead atoms. The number of hydrogen-bond acceptors (Lipinski definition) is 4. The number of nitrogens with one attached hydrogen (secondary N) is 1. The summed E-state index contributed by atoms with van der Waals surface area (Å²) in [6.45, 7) is 0.277. The number of amides is 2. The topological polar surface area (TPSA) is 67.9 Å². The van der Waals surface area contributed by atoms with Crippen molar-refractivity contribution in [2.45, 2.75) is 19.0 Å². The highest BCUT2D eigenvalue weighted by atomic mass is 16.5. The SMILES string of the molecule is COc1ccc(NC(=O)C(c2ccccc2)N(Cc2ccccc2)C(=O)Cc2ccccc2)c(OC)c1. The summed E-state index contributed by atoms with van der Waals surface area (Å²) in [5, 5.41) is 2.98. The zero-order valence-corrected chi connectivity index (χ0v) is 21.0. The lowest BCUT2D eigenvalue weighted by Crippen LogP contribution is -2.41. The number of benzene rings is 4. The zero-order chi connectivity index (χ0) is 26.0. The summed E-state index contributed by atoms with van der Waals surface area (Å²) in [6.07, 6.45) is 0.177. The van der Waals surface area contributed by atoms with Crippen LogP contribution in [-0.4, -0.2) is 30.9 Å². The summed E-state index contributed by atoms with van der Waals surface area (Å²) in [5.74, 6) is 0.579. The van der Waals surface area contributed by atoms with E-state index in [0.717, 1.165) is 11.1 Å². The number of rotatable bonds is 10. The average Bonchev–Trinajstić information content (AvgIpc) is 2.94. The molecule has 0 aliphatic carbocycles. The van der Waals surface area contributed by atoms with E-state index in [9.17, 15) is 9.59 Å². The molecule has 0 aliphatic heterocycles. The Kier molecular flexibility index (Phi) is 8.55. The Morgan fingerprint density at radius 2 is 1.35 bits per heavy atom. The van der Waals surface area contributed by atoms with E-state index in [2.05, 4.69) is 5.32 Å². The first kappa shape index (κ1) is 25.5. The van der Waals surface area contributed by atoms with Crippen LogP contribution in [0.2, 0.25) is 0 Å². The van der Waals surface area contributed by atoms with E-state index in [1.807, 2.05) is 91.0 Å². The van der Waals surface area contributed by atoms with Crippen LogP contribution in [-0.2, 0) is 22.6 Å². The van der Waals surface area contributed by atoms with Crippen molar-refractivity contribution < 1.29 is 19.1 Å². The second-order valence-corrected chi connectivity index (χ2v) is 8.54. The predicted octanol–water partition coefficient (Wildman–Crippen LogP) is 5.66. The Balaban J connectivity index is 1.73. The lowest BCUT2D eigenvalue weighted by atomic mass is 10.0. The molecule has 4 aromatic rings. The molecule has 2 amide bonds. The number of carbonyl (C=O) groups is 2. The van der Waals surface area contributed by atoms with Gasteiger partial charge >= 0.3 is 0 Å². The summed E-state index contributed by atoms with van der Waals surface area (Å²) >= 11 is 0. The monoisotopic (exact) mass is 494 g/mol. The number of ether oxygens (including phenoxy) is 2. The molecular weight excluding hydrogens is 464 g/mol. The van der Waals surface area contributed by atoms with Crippen molar-refractivity contribution in [3.63, 3.8) is 0 Å². The molecule has 37 heavy (non-hydrogen) atoms. The second-order valence-electron chi connectivity index (χ2n) is 8.54.